The number of nitrogens with zero attached hydrogens (tertiary/aromatic N) is 10. The molecule has 10 unspecified atom stereocenters. The molecule has 12 aliphatic rings. The summed E-state index contributed by atoms with van der Waals surface area (Å²) in [6, 6.07) is 47.6. The van der Waals surface area contributed by atoms with Gasteiger partial charge in [0, 0.05) is 44.9 Å². The summed E-state index contributed by atoms with van der Waals surface area (Å²) in [5.41, 5.74) is 9.03. The molecule has 33 heteroatoms. The largest absolute Gasteiger partial charge is 0.481 e. The maximum atomic E-state index is 13.8. The number of carbonyl (C=O) groups excluding carboxylic acids is 12. The Kier molecular flexibility index (Phi) is 26.0. The highest BCUT2D eigenvalue weighted by molar-refractivity contribution is 6.24. The predicted molar refractivity (Wildman–Crippen MR) is 475 cm³/mol. The Morgan fingerprint density at radius 3 is 0.933 bits per heavy atom. The number of nitro groups is 1. The number of amides is 13. The number of hydrogen-bond acceptors (Lipinski definition) is 18. The number of hydrogen-bond donors (Lipinski definition) is 4. The van der Waals surface area contributed by atoms with Crippen LogP contribution < -0.4 is 0 Å². The van der Waals surface area contributed by atoms with E-state index in [1.807, 2.05) is 97.1 Å². The monoisotopic (exact) mass is 1820 g/mol. The van der Waals surface area contributed by atoms with Crippen LogP contribution in [0, 0.1) is 51.4 Å². The third-order valence-electron chi connectivity index (χ3n) is 28.8. The lowest BCUT2D eigenvalue weighted by Gasteiger charge is -2.42. The average Bonchev–Trinajstić information content (AvgIpc) is 1.63. The Bertz CT molecular complexity index is 5970. The van der Waals surface area contributed by atoms with Crippen molar-refractivity contribution in [1.82, 2.24) is 44.1 Å². The zero-order valence-corrected chi connectivity index (χ0v) is 73.0. The molecule has 690 valence electrons. The number of fused-ring (bicyclic) bond motifs is 8. The van der Waals surface area contributed by atoms with Gasteiger partial charge in [-0.2, -0.15) is 0 Å². The Hall–Kier alpha value is -14.8. The van der Waals surface area contributed by atoms with Crippen molar-refractivity contribution in [1.29, 1.82) is 0 Å². The van der Waals surface area contributed by atoms with Crippen molar-refractivity contribution in [2.45, 2.75) is 139 Å². The second kappa shape index (κ2) is 38.2. The molecule has 9 aliphatic heterocycles. The first-order valence-corrected chi connectivity index (χ1v) is 45.5. The molecule has 3 saturated carbocycles. The first kappa shape index (κ1) is 91.1. The Morgan fingerprint density at radius 1 is 0.306 bits per heavy atom. The highest BCUT2D eigenvalue weighted by Crippen LogP contribution is 2.45. The Balaban J connectivity index is 0.000000125. The van der Waals surface area contributed by atoms with Gasteiger partial charge in [0.15, 0.2) is 0 Å². The number of imide groups is 4. The third kappa shape index (κ3) is 17.2. The van der Waals surface area contributed by atoms with Crippen molar-refractivity contribution in [2.75, 3.05) is 58.9 Å². The minimum Gasteiger partial charge on any atom is -0.481 e. The second-order valence-electron chi connectivity index (χ2n) is 35.9. The average molecular weight is 1820 g/mol. The zero-order valence-electron chi connectivity index (χ0n) is 73.0. The maximum Gasteiger partial charge on any atom is 0.326 e. The minimum absolute atomic E-state index is 0.0187. The van der Waals surface area contributed by atoms with Gasteiger partial charge in [-0.25, -0.2) is 14.0 Å². The van der Waals surface area contributed by atoms with Crippen LogP contribution in [0.4, 0.5) is 14.9 Å². The molecule has 0 bridgehead atoms. The van der Waals surface area contributed by atoms with E-state index in [0.29, 0.717) is 138 Å². The number of likely N-dealkylation sites (tertiary alicyclic amines) is 1. The van der Waals surface area contributed by atoms with Crippen LogP contribution in [0.5, 0.6) is 0 Å². The third-order valence-corrected chi connectivity index (χ3v) is 28.8. The number of urea groups is 1. The van der Waals surface area contributed by atoms with E-state index >= 15 is 0 Å². The summed E-state index contributed by atoms with van der Waals surface area (Å²) >= 11 is 0. The molecule has 3 aliphatic carbocycles. The van der Waals surface area contributed by atoms with Gasteiger partial charge in [0.25, 0.3) is 52.9 Å². The van der Waals surface area contributed by atoms with Crippen LogP contribution in [0.15, 0.2) is 182 Å². The van der Waals surface area contributed by atoms with Crippen LogP contribution in [0.2, 0.25) is 0 Å². The molecule has 4 N–H and O–H groups in total. The molecule has 134 heavy (non-hydrogen) atoms. The maximum absolute atomic E-state index is 13.8. The highest BCUT2D eigenvalue weighted by Gasteiger charge is 2.51. The molecular weight excluding hydrogens is 1720 g/mol. The highest BCUT2D eigenvalue weighted by atomic mass is 19.1. The van der Waals surface area contributed by atoms with Gasteiger partial charge < -0.3 is 44.9 Å². The van der Waals surface area contributed by atoms with E-state index in [2.05, 4.69) is 0 Å². The molecule has 32 nitrogen and oxygen atoms in total. The van der Waals surface area contributed by atoms with Crippen LogP contribution in [0.25, 0.3) is 0 Å². The number of carboxylic acid groups (broad SMARTS) is 4. The number of rotatable bonds is 16. The number of halogens is 1. The van der Waals surface area contributed by atoms with E-state index in [4.69, 9.17) is 0 Å². The van der Waals surface area contributed by atoms with Crippen molar-refractivity contribution in [2.24, 2.45) is 35.5 Å². The smallest absolute Gasteiger partial charge is 0.326 e. The summed E-state index contributed by atoms with van der Waals surface area (Å²) in [4.78, 5) is 229. The Labute approximate surface area is 768 Å². The summed E-state index contributed by atoms with van der Waals surface area (Å²) in [7, 11) is 0. The number of non-ortho nitro benzene ring substituents is 1. The number of carboxylic acids is 4. The van der Waals surface area contributed by atoms with Gasteiger partial charge in [0.05, 0.1) is 135 Å². The summed E-state index contributed by atoms with van der Waals surface area (Å²) < 4.78 is 13.7. The van der Waals surface area contributed by atoms with E-state index in [0.717, 1.165) is 98.2 Å². The topological polar surface area (TPSA) is 426 Å². The number of nitro benzene ring substituents is 1. The number of aliphatic carboxylic acids is 4. The quantitative estimate of drug-likeness (QED) is 0.0396. The van der Waals surface area contributed by atoms with Crippen molar-refractivity contribution in [3.05, 3.63) is 287 Å². The fourth-order valence-corrected chi connectivity index (χ4v) is 22.0. The Morgan fingerprint density at radius 2 is 0.590 bits per heavy atom. The van der Waals surface area contributed by atoms with Crippen LogP contribution in [0.1, 0.15) is 235 Å². The summed E-state index contributed by atoms with van der Waals surface area (Å²) in [5, 5.41) is 49.7. The van der Waals surface area contributed by atoms with Crippen molar-refractivity contribution in [3.8, 4) is 0 Å². The van der Waals surface area contributed by atoms with Gasteiger partial charge in [-0.05, 0) is 170 Å². The van der Waals surface area contributed by atoms with Crippen LogP contribution in [0.3, 0.4) is 0 Å². The van der Waals surface area contributed by atoms with Crippen molar-refractivity contribution in [3.63, 3.8) is 0 Å². The SMILES string of the molecule is O=C(O)C1CCCC1C(=O)N1CCc2ccccc2[C@H]1CN1C(=O)c2ccccc2C1=O.O=C(O)C1CCCCC1C(=O)N1CCc2ccccc2C1CN1C(=O)c2ccc(F)cc2C1=O.O=C(O)C1CCCCC1C(=O)N1CCc2ccccc2C1CN1C(=O)c2ccc([N+](=O)[O-])cc2C1=O.O=C(O)C1CCCN1C(=O)N1CCc2ccccc2C1CN1C(=O)c2ccccc2C1=O. The molecule has 20 rings (SSSR count). The zero-order chi connectivity index (χ0) is 94.4. The second-order valence-corrected chi connectivity index (χ2v) is 35.9. The molecule has 13 amide bonds. The van der Waals surface area contributed by atoms with Crippen molar-refractivity contribution >= 4 is 101 Å². The van der Waals surface area contributed by atoms with E-state index in [1.165, 1.54) is 32.9 Å². The van der Waals surface area contributed by atoms with Crippen LogP contribution in [-0.2, 0) is 59.2 Å². The lowest BCUT2D eigenvalue weighted by Crippen LogP contribution is -2.53. The van der Waals surface area contributed by atoms with Gasteiger partial charge in [0.2, 0.25) is 17.7 Å². The molecule has 0 radical (unpaired) electrons. The minimum atomic E-state index is -1.01. The van der Waals surface area contributed by atoms with Crippen molar-refractivity contribution < 1.29 is 106 Å². The molecule has 0 spiro atoms. The van der Waals surface area contributed by atoms with Crippen LogP contribution in [-0.4, -0.2) is 229 Å². The first-order chi connectivity index (χ1) is 64.6. The molecule has 8 aromatic rings. The summed E-state index contributed by atoms with van der Waals surface area (Å²) in [6.07, 6.45) is 10.3. The number of benzene rings is 8. The number of carbonyl (C=O) groups is 16. The lowest BCUT2D eigenvalue weighted by molar-refractivity contribution is -0.384. The van der Waals surface area contributed by atoms with Gasteiger partial charge in [-0.3, -0.25) is 96.8 Å². The van der Waals surface area contributed by atoms with E-state index in [9.17, 15) is 112 Å². The van der Waals surface area contributed by atoms with Gasteiger partial charge >= 0.3 is 29.9 Å². The van der Waals surface area contributed by atoms with E-state index in [1.54, 1.807) is 68.1 Å². The molecular formula is C101H97FN10O22. The fourth-order valence-electron chi connectivity index (χ4n) is 22.0. The molecule has 8 aromatic carbocycles. The predicted octanol–water partition coefficient (Wildman–Crippen LogP) is 12.1. The van der Waals surface area contributed by atoms with Gasteiger partial charge in [-0.15, -0.1) is 0 Å². The van der Waals surface area contributed by atoms with Gasteiger partial charge in [-0.1, -0.05) is 153 Å². The molecule has 11 atom stereocenters. The fraction of sp³-hybridized carbons (Fsp3) is 0.366. The standard InChI is InChI=1S/C26H25FN2O5.C26H25N3O7.C25H24N2O5.C24H23N3O5/c27-16-9-10-19-21(13-16)25(32)29(24(19)31)14-22-17-6-2-1-5-15(17)11-12-28(22)23(30)18-7-3-4-8-20(18)26(33)34;30-23(18-7-3-4-8-20(18)26(33)34)27-12-11-15-5-1-2-6-17(15)22(27)14-28-24(31)19-10-9-16(29(35)36)13-21(19)25(28)32;28-22(19-10-5-11-20(19)25(31)32)26-13-12-15-6-1-2-7-16(15)21(26)14-27-23(29)17-8-3-4-9-18(17)24(27)30;28-21-17-8-3-4-9-18(17)22(29)27(21)14-20-16-7-2-1-6-15(16)11-13-26(20)24(32)25-12-5-10-19(25)23(30)31/h1-2,5-6,9-10,13,18,20,22H,3-4,7-8,11-12,14H2,(H,33,34);1-2,5-6,9-10,13,18,20,22H,3-4,7-8,11-12,14H2,(H,33,34);1-4,6-9,19-21H,5,10-14H2,(H,31,32);1-4,6-9,19-20H,5,10-14H2,(H,30,31)/t;;19?,20?,21-;/m..1./s1. The normalized spacial score (nSPS) is 23.5. The first-order valence-electron chi connectivity index (χ1n) is 45.5. The summed E-state index contributed by atoms with van der Waals surface area (Å²) in [5.74, 6) is -13.0. The van der Waals surface area contributed by atoms with E-state index < -0.39 is 124 Å². The van der Waals surface area contributed by atoms with E-state index in [-0.39, 0.29) is 102 Å². The lowest BCUT2D eigenvalue weighted by atomic mass is 9.77. The molecule has 1 saturated heterocycles. The molecule has 9 heterocycles. The summed E-state index contributed by atoms with van der Waals surface area (Å²) in [6.45, 7) is 1.83. The molecule has 0 aromatic heterocycles. The molecule has 4 fully saturated rings. The van der Waals surface area contributed by atoms with Gasteiger partial charge in [0.1, 0.15) is 11.9 Å². The van der Waals surface area contributed by atoms with Crippen LogP contribution >= 0.6 is 0 Å².